The number of alkyl halides is 3. The van der Waals surface area contributed by atoms with Gasteiger partial charge >= 0.3 is 6.18 Å². The molecule has 0 bridgehead atoms. The molecule has 1 aromatic carbocycles. The maximum Gasteiger partial charge on any atom is 0.433 e. The molecule has 0 spiro atoms. The number of pyridine rings is 1. The van der Waals surface area contributed by atoms with Gasteiger partial charge in [-0.1, -0.05) is 0 Å². The van der Waals surface area contributed by atoms with E-state index < -0.39 is 29.0 Å². The maximum absolute atomic E-state index is 13.5. The van der Waals surface area contributed by atoms with Crippen LogP contribution in [0, 0.1) is 11.6 Å². The Morgan fingerprint density at radius 1 is 1.11 bits per heavy atom. The fourth-order valence-electron chi connectivity index (χ4n) is 1.61. The minimum Gasteiger partial charge on any atom is -0.387 e. The number of anilines is 1. The number of benzene rings is 1. The number of nitrogens with zero attached hydrogens (tertiary/aromatic N) is 1. The first-order valence-corrected chi connectivity index (χ1v) is 4.88. The Bertz CT molecular complexity index is 606. The van der Waals surface area contributed by atoms with Crippen LogP contribution >= 0.6 is 0 Å². The zero-order valence-electron chi connectivity index (χ0n) is 9.07. The lowest BCUT2D eigenvalue weighted by Gasteiger charge is -2.12. The summed E-state index contributed by atoms with van der Waals surface area (Å²) in [4.78, 5) is 3.14. The van der Waals surface area contributed by atoms with Crippen molar-refractivity contribution in [2.24, 2.45) is 0 Å². The molecule has 0 fully saturated rings. The highest BCUT2D eigenvalue weighted by Gasteiger charge is 2.34. The number of hydrogen-bond acceptors (Lipinski definition) is 2. The van der Waals surface area contributed by atoms with Crippen LogP contribution in [0.5, 0.6) is 0 Å². The Labute approximate surface area is 98.4 Å². The Hall–Kier alpha value is -1.92. The number of hydrogen-bond donors (Lipinski definition) is 1. The summed E-state index contributed by atoms with van der Waals surface area (Å²) in [6.07, 6.45) is -4.72. The smallest absolute Gasteiger partial charge is 0.387 e. The molecule has 18 heavy (non-hydrogen) atoms. The monoisotopic (exact) mass is 262 g/mol. The van der Waals surface area contributed by atoms with E-state index in [9.17, 15) is 22.0 Å². The van der Waals surface area contributed by atoms with E-state index in [1.165, 1.54) is 7.05 Å². The summed E-state index contributed by atoms with van der Waals surface area (Å²) in [5, 5.41) is 2.10. The SMILES string of the molecule is CNc1cc(C(F)(F)F)nc2c(F)ccc(F)c12. The van der Waals surface area contributed by atoms with Crippen molar-refractivity contribution in [3.63, 3.8) is 0 Å². The molecule has 0 aliphatic carbocycles. The van der Waals surface area contributed by atoms with E-state index in [0.717, 1.165) is 12.1 Å². The summed E-state index contributed by atoms with van der Waals surface area (Å²) in [5.74, 6) is -1.84. The molecule has 0 atom stereocenters. The average Bonchev–Trinajstić information content (AvgIpc) is 2.31. The van der Waals surface area contributed by atoms with Crippen LogP contribution < -0.4 is 5.32 Å². The molecule has 0 aliphatic rings. The number of fused-ring (bicyclic) bond motifs is 1. The standard InChI is InChI=1S/C11H7F5N2/c1-17-7-4-8(11(14,15)16)18-10-6(13)3-2-5(12)9(7)10/h2-4H,1H3,(H,17,18). The fraction of sp³-hybridized carbons (Fsp3) is 0.182. The lowest BCUT2D eigenvalue weighted by molar-refractivity contribution is -0.140. The average molecular weight is 262 g/mol. The Balaban J connectivity index is 2.88. The summed E-state index contributed by atoms with van der Waals surface area (Å²) in [6.45, 7) is 0. The third-order valence-electron chi connectivity index (χ3n) is 2.42. The van der Waals surface area contributed by atoms with Gasteiger partial charge in [0.2, 0.25) is 0 Å². The molecule has 0 aliphatic heterocycles. The highest BCUT2D eigenvalue weighted by molar-refractivity contribution is 5.92. The van der Waals surface area contributed by atoms with Crippen molar-refractivity contribution in [2.45, 2.75) is 6.18 Å². The van der Waals surface area contributed by atoms with E-state index in [-0.39, 0.29) is 11.1 Å². The molecule has 1 N–H and O–H groups in total. The van der Waals surface area contributed by atoms with E-state index in [2.05, 4.69) is 10.3 Å². The van der Waals surface area contributed by atoms with Gasteiger partial charge in [-0.05, 0) is 18.2 Å². The second kappa shape index (κ2) is 4.08. The van der Waals surface area contributed by atoms with Crippen LogP contribution in [0.2, 0.25) is 0 Å². The Morgan fingerprint density at radius 3 is 2.28 bits per heavy atom. The van der Waals surface area contributed by atoms with Gasteiger partial charge < -0.3 is 5.32 Å². The molecule has 0 amide bonds. The summed E-state index contributed by atoms with van der Waals surface area (Å²) in [7, 11) is 1.32. The summed E-state index contributed by atoms with van der Waals surface area (Å²) in [6, 6.07) is 2.22. The first-order chi connectivity index (χ1) is 8.34. The van der Waals surface area contributed by atoms with Crippen LogP contribution in [0.25, 0.3) is 10.9 Å². The lowest BCUT2D eigenvalue weighted by atomic mass is 10.1. The van der Waals surface area contributed by atoms with E-state index in [1.54, 1.807) is 0 Å². The van der Waals surface area contributed by atoms with Crippen LogP contribution in [0.15, 0.2) is 18.2 Å². The molecule has 2 aromatic rings. The fourth-order valence-corrected chi connectivity index (χ4v) is 1.61. The van der Waals surface area contributed by atoms with Gasteiger partial charge in [-0.15, -0.1) is 0 Å². The van der Waals surface area contributed by atoms with E-state index in [1.807, 2.05) is 0 Å². The molecule has 0 radical (unpaired) electrons. The van der Waals surface area contributed by atoms with Crippen LogP contribution in [-0.4, -0.2) is 12.0 Å². The van der Waals surface area contributed by atoms with Crippen molar-refractivity contribution in [3.8, 4) is 0 Å². The van der Waals surface area contributed by atoms with Crippen LogP contribution in [-0.2, 0) is 6.18 Å². The van der Waals surface area contributed by atoms with Gasteiger partial charge in [0.15, 0.2) is 0 Å². The molecule has 2 nitrogen and oxygen atoms in total. The molecule has 7 heteroatoms. The van der Waals surface area contributed by atoms with Crippen molar-refractivity contribution in [1.82, 2.24) is 4.98 Å². The zero-order valence-corrected chi connectivity index (χ0v) is 9.07. The number of halogens is 5. The predicted molar refractivity (Wildman–Crippen MR) is 56.2 cm³/mol. The van der Waals surface area contributed by atoms with Crippen LogP contribution in [0.4, 0.5) is 27.6 Å². The molecule has 0 saturated carbocycles. The second-order valence-corrected chi connectivity index (χ2v) is 3.56. The first-order valence-electron chi connectivity index (χ1n) is 4.88. The topological polar surface area (TPSA) is 24.9 Å². The van der Waals surface area contributed by atoms with Crippen molar-refractivity contribution in [2.75, 3.05) is 12.4 Å². The van der Waals surface area contributed by atoms with Crippen LogP contribution in [0.3, 0.4) is 0 Å². The summed E-state index contributed by atoms with van der Waals surface area (Å²) < 4.78 is 64.6. The van der Waals surface area contributed by atoms with Crippen molar-refractivity contribution < 1.29 is 22.0 Å². The number of aromatic nitrogens is 1. The Kier molecular flexibility index (Phi) is 2.84. The molecule has 1 heterocycles. The highest BCUT2D eigenvalue weighted by atomic mass is 19.4. The van der Waals surface area contributed by atoms with Crippen LogP contribution in [0.1, 0.15) is 5.69 Å². The van der Waals surface area contributed by atoms with Gasteiger partial charge in [-0.25, -0.2) is 13.8 Å². The Morgan fingerprint density at radius 2 is 1.72 bits per heavy atom. The third kappa shape index (κ3) is 1.96. The maximum atomic E-state index is 13.5. The zero-order chi connectivity index (χ0) is 13.5. The summed E-state index contributed by atoms with van der Waals surface area (Å²) >= 11 is 0. The second-order valence-electron chi connectivity index (χ2n) is 3.56. The number of nitrogens with one attached hydrogen (secondary N) is 1. The molecule has 96 valence electrons. The van der Waals surface area contributed by atoms with E-state index in [0.29, 0.717) is 6.07 Å². The number of rotatable bonds is 1. The molecule has 0 unspecified atom stereocenters. The minimum absolute atomic E-state index is 0.163. The van der Waals surface area contributed by atoms with Gasteiger partial charge in [0, 0.05) is 12.7 Å². The van der Waals surface area contributed by atoms with Crippen molar-refractivity contribution in [3.05, 3.63) is 35.5 Å². The predicted octanol–water partition coefficient (Wildman–Crippen LogP) is 3.57. The van der Waals surface area contributed by atoms with E-state index in [4.69, 9.17) is 0 Å². The quantitative estimate of drug-likeness (QED) is 0.794. The molecular weight excluding hydrogens is 255 g/mol. The molecule has 1 aromatic heterocycles. The molecular formula is C11H7F5N2. The summed E-state index contributed by atoms with van der Waals surface area (Å²) in [5.41, 5.74) is -2.08. The largest absolute Gasteiger partial charge is 0.433 e. The first kappa shape index (κ1) is 12.5. The highest BCUT2D eigenvalue weighted by Crippen LogP contribution is 2.34. The lowest BCUT2D eigenvalue weighted by Crippen LogP contribution is -2.10. The molecule has 2 rings (SSSR count). The van der Waals surface area contributed by atoms with E-state index >= 15 is 0 Å². The van der Waals surface area contributed by atoms with Gasteiger partial charge in [-0.2, -0.15) is 13.2 Å². The van der Waals surface area contributed by atoms with Crippen molar-refractivity contribution in [1.29, 1.82) is 0 Å². The van der Waals surface area contributed by atoms with Crippen molar-refractivity contribution >= 4 is 16.6 Å². The van der Waals surface area contributed by atoms with Gasteiger partial charge in [0.1, 0.15) is 22.8 Å². The van der Waals surface area contributed by atoms with Gasteiger partial charge in [0.05, 0.1) is 5.39 Å². The van der Waals surface area contributed by atoms with Gasteiger partial charge in [0.25, 0.3) is 0 Å². The normalized spacial score (nSPS) is 11.9. The third-order valence-corrected chi connectivity index (χ3v) is 2.42. The van der Waals surface area contributed by atoms with Gasteiger partial charge in [-0.3, -0.25) is 0 Å². The minimum atomic E-state index is -4.72. The molecule has 0 saturated heterocycles.